The number of aryl methyl sites for hydroxylation is 1. The van der Waals surface area contributed by atoms with Gasteiger partial charge in [0.2, 0.25) is 0 Å². The molecular formula is C14H23N3O. The minimum Gasteiger partial charge on any atom is -0.381 e. The summed E-state index contributed by atoms with van der Waals surface area (Å²) >= 11 is 0. The van der Waals surface area contributed by atoms with E-state index in [4.69, 9.17) is 4.74 Å². The van der Waals surface area contributed by atoms with Gasteiger partial charge in [0, 0.05) is 30.9 Å². The van der Waals surface area contributed by atoms with Crippen molar-refractivity contribution in [3.05, 3.63) is 17.5 Å². The summed E-state index contributed by atoms with van der Waals surface area (Å²) in [5.41, 5.74) is 2.68. The quantitative estimate of drug-likeness (QED) is 0.872. The molecule has 2 fully saturated rings. The zero-order chi connectivity index (χ0) is 12.4. The SMILES string of the molecule is Cc1cn[nH]c1C1CCN(C2CCOCC2)CC1. The third kappa shape index (κ3) is 2.45. The standard InChI is InChI=1S/C14H23N3O/c1-11-10-15-16-14(11)12-2-6-17(7-3-12)13-4-8-18-9-5-13/h10,12-13H,2-9H2,1H3,(H,15,16). The second-order valence-corrected chi connectivity index (χ2v) is 5.62. The maximum absolute atomic E-state index is 5.45. The third-order valence-corrected chi connectivity index (χ3v) is 4.51. The van der Waals surface area contributed by atoms with Gasteiger partial charge in [-0.05, 0) is 51.3 Å². The molecule has 18 heavy (non-hydrogen) atoms. The fourth-order valence-electron chi connectivity index (χ4n) is 3.37. The highest BCUT2D eigenvalue weighted by atomic mass is 16.5. The van der Waals surface area contributed by atoms with E-state index in [-0.39, 0.29) is 0 Å². The number of piperidine rings is 1. The summed E-state index contributed by atoms with van der Waals surface area (Å²) in [5.74, 6) is 0.684. The van der Waals surface area contributed by atoms with Crippen LogP contribution in [0, 0.1) is 6.92 Å². The molecule has 1 N–H and O–H groups in total. The van der Waals surface area contributed by atoms with Crippen molar-refractivity contribution in [2.75, 3.05) is 26.3 Å². The van der Waals surface area contributed by atoms with Crippen LogP contribution in [0.3, 0.4) is 0 Å². The van der Waals surface area contributed by atoms with Gasteiger partial charge in [-0.2, -0.15) is 5.10 Å². The van der Waals surface area contributed by atoms with Gasteiger partial charge in [-0.1, -0.05) is 0 Å². The molecule has 4 nitrogen and oxygen atoms in total. The Balaban J connectivity index is 1.56. The molecule has 1 aromatic heterocycles. The maximum atomic E-state index is 5.45. The van der Waals surface area contributed by atoms with E-state index >= 15 is 0 Å². The third-order valence-electron chi connectivity index (χ3n) is 4.51. The van der Waals surface area contributed by atoms with E-state index in [0.717, 1.165) is 19.3 Å². The minimum absolute atomic E-state index is 0.684. The van der Waals surface area contributed by atoms with E-state index in [1.54, 1.807) is 0 Å². The Labute approximate surface area is 109 Å². The Kier molecular flexibility index (Phi) is 3.66. The number of hydrogen-bond acceptors (Lipinski definition) is 3. The van der Waals surface area contributed by atoms with Gasteiger partial charge >= 0.3 is 0 Å². The lowest BCUT2D eigenvalue weighted by Gasteiger charge is -2.39. The maximum Gasteiger partial charge on any atom is 0.0519 e. The number of hydrogen-bond donors (Lipinski definition) is 1. The molecule has 0 radical (unpaired) electrons. The van der Waals surface area contributed by atoms with Gasteiger partial charge in [-0.25, -0.2) is 0 Å². The first-order chi connectivity index (χ1) is 8.84. The van der Waals surface area contributed by atoms with Gasteiger partial charge in [-0.3, -0.25) is 5.10 Å². The molecule has 2 aliphatic heterocycles. The van der Waals surface area contributed by atoms with Crippen LogP contribution in [0.2, 0.25) is 0 Å². The summed E-state index contributed by atoms with van der Waals surface area (Å²) in [6, 6.07) is 0.766. The van der Waals surface area contributed by atoms with E-state index in [2.05, 4.69) is 22.0 Å². The van der Waals surface area contributed by atoms with Crippen molar-refractivity contribution < 1.29 is 4.74 Å². The summed E-state index contributed by atoms with van der Waals surface area (Å²) in [7, 11) is 0. The lowest BCUT2D eigenvalue weighted by molar-refractivity contribution is 0.0250. The molecule has 1 aromatic rings. The number of aromatic amines is 1. The zero-order valence-corrected chi connectivity index (χ0v) is 11.2. The van der Waals surface area contributed by atoms with Crippen LogP contribution in [0.1, 0.15) is 42.9 Å². The van der Waals surface area contributed by atoms with Crippen LogP contribution >= 0.6 is 0 Å². The van der Waals surface area contributed by atoms with Gasteiger partial charge in [0.1, 0.15) is 0 Å². The van der Waals surface area contributed by atoms with Crippen molar-refractivity contribution in [2.45, 2.75) is 44.6 Å². The van der Waals surface area contributed by atoms with Crippen molar-refractivity contribution in [3.8, 4) is 0 Å². The molecule has 2 aliphatic rings. The Morgan fingerprint density at radius 3 is 2.56 bits per heavy atom. The minimum atomic E-state index is 0.684. The van der Waals surface area contributed by atoms with E-state index in [9.17, 15) is 0 Å². The highest BCUT2D eigenvalue weighted by Crippen LogP contribution is 2.30. The van der Waals surface area contributed by atoms with Crippen LogP contribution in [-0.4, -0.2) is 47.4 Å². The highest BCUT2D eigenvalue weighted by Gasteiger charge is 2.28. The van der Waals surface area contributed by atoms with Crippen LogP contribution in [0.25, 0.3) is 0 Å². The van der Waals surface area contributed by atoms with Gasteiger partial charge in [0.15, 0.2) is 0 Å². The Hall–Kier alpha value is -0.870. The number of nitrogens with one attached hydrogen (secondary N) is 1. The smallest absolute Gasteiger partial charge is 0.0519 e. The van der Waals surface area contributed by atoms with E-state index in [1.807, 2.05) is 6.20 Å². The molecule has 3 rings (SSSR count). The summed E-state index contributed by atoms with van der Waals surface area (Å²) < 4.78 is 5.45. The van der Waals surface area contributed by atoms with E-state index in [1.165, 1.54) is 50.0 Å². The fraction of sp³-hybridized carbons (Fsp3) is 0.786. The van der Waals surface area contributed by atoms with E-state index < -0.39 is 0 Å². The Morgan fingerprint density at radius 1 is 1.22 bits per heavy atom. The molecule has 0 atom stereocenters. The first-order valence-corrected chi connectivity index (χ1v) is 7.16. The monoisotopic (exact) mass is 249 g/mol. The van der Waals surface area contributed by atoms with Gasteiger partial charge in [0.05, 0.1) is 6.20 Å². The van der Waals surface area contributed by atoms with Crippen LogP contribution in [0.5, 0.6) is 0 Å². The van der Waals surface area contributed by atoms with Gasteiger partial charge in [-0.15, -0.1) is 0 Å². The molecular weight excluding hydrogens is 226 g/mol. The van der Waals surface area contributed by atoms with Gasteiger partial charge < -0.3 is 9.64 Å². The number of rotatable bonds is 2. The normalized spacial score (nSPS) is 24.5. The molecule has 0 amide bonds. The predicted molar refractivity (Wildman–Crippen MR) is 70.7 cm³/mol. The largest absolute Gasteiger partial charge is 0.381 e. The topological polar surface area (TPSA) is 41.2 Å². The molecule has 0 saturated carbocycles. The summed E-state index contributed by atoms with van der Waals surface area (Å²) in [5, 5.41) is 7.33. The average molecular weight is 249 g/mol. The Morgan fingerprint density at radius 2 is 1.94 bits per heavy atom. The van der Waals surface area contributed by atoms with Crippen LogP contribution in [-0.2, 0) is 4.74 Å². The number of nitrogens with zero attached hydrogens (tertiary/aromatic N) is 2. The molecule has 0 aromatic carbocycles. The summed E-state index contributed by atoms with van der Waals surface area (Å²) in [4.78, 5) is 2.67. The molecule has 2 saturated heterocycles. The molecule has 4 heteroatoms. The lowest BCUT2D eigenvalue weighted by Crippen LogP contribution is -2.43. The molecule has 0 spiro atoms. The highest BCUT2D eigenvalue weighted by molar-refractivity contribution is 5.19. The van der Waals surface area contributed by atoms with Crippen molar-refractivity contribution in [1.29, 1.82) is 0 Å². The summed E-state index contributed by atoms with van der Waals surface area (Å²) in [6.45, 7) is 6.51. The van der Waals surface area contributed by atoms with Gasteiger partial charge in [0.25, 0.3) is 0 Å². The van der Waals surface area contributed by atoms with E-state index in [0.29, 0.717) is 5.92 Å². The summed E-state index contributed by atoms with van der Waals surface area (Å²) in [6.07, 6.45) is 6.91. The number of H-pyrrole nitrogens is 1. The van der Waals surface area contributed by atoms with Crippen LogP contribution < -0.4 is 0 Å². The first kappa shape index (κ1) is 12.2. The van der Waals surface area contributed by atoms with Crippen molar-refractivity contribution >= 4 is 0 Å². The van der Waals surface area contributed by atoms with Crippen LogP contribution in [0.15, 0.2) is 6.20 Å². The molecule has 100 valence electrons. The Bertz CT molecular complexity index is 376. The first-order valence-electron chi connectivity index (χ1n) is 7.16. The zero-order valence-electron chi connectivity index (χ0n) is 11.2. The fourth-order valence-corrected chi connectivity index (χ4v) is 3.37. The molecule has 0 bridgehead atoms. The lowest BCUT2D eigenvalue weighted by atomic mass is 9.90. The second kappa shape index (κ2) is 5.41. The average Bonchev–Trinajstić information content (AvgIpc) is 2.86. The number of aromatic nitrogens is 2. The van der Waals surface area contributed by atoms with Crippen molar-refractivity contribution in [1.82, 2.24) is 15.1 Å². The molecule has 0 unspecified atom stereocenters. The van der Waals surface area contributed by atoms with Crippen LogP contribution in [0.4, 0.5) is 0 Å². The van der Waals surface area contributed by atoms with Crippen molar-refractivity contribution in [3.63, 3.8) is 0 Å². The predicted octanol–water partition coefficient (Wildman–Crippen LogP) is 2.08. The van der Waals surface area contributed by atoms with Crippen molar-refractivity contribution in [2.24, 2.45) is 0 Å². The molecule has 0 aliphatic carbocycles. The number of ether oxygens (including phenoxy) is 1. The second-order valence-electron chi connectivity index (χ2n) is 5.62. The molecule has 3 heterocycles. The number of likely N-dealkylation sites (tertiary alicyclic amines) is 1.